The molecule has 1 aromatic rings. The lowest BCUT2D eigenvalue weighted by atomic mass is 10.2. The number of nitrogen functional groups attached to an aromatic ring is 1. The van der Waals surface area contributed by atoms with Gasteiger partial charge in [-0.3, -0.25) is 4.79 Å². The van der Waals surface area contributed by atoms with Crippen LogP contribution in [0, 0.1) is 0 Å². The highest BCUT2D eigenvalue weighted by Crippen LogP contribution is 2.18. The van der Waals surface area contributed by atoms with Crippen LogP contribution in [0.15, 0.2) is 22.7 Å². The molecule has 0 unspecified atom stereocenters. The molecule has 0 aliphatic rings. The van der Waals surface area contributed by atoms with Gasteiger partial charge in [-0.15, -0.1) is 0 Å². The zero-order valence-electron chi connectivity index (χ0n) is 7.30. The molecule has 0 bridgehead atoms. The third-order valence-corrected chi connectivity index (χ3v) is 2.09. The first kappa shape index (κ1) is 10.1. The fraction of sp³-hybridized carbons (Fsp3) is 0.222. The van der Waals surface area contributed by atoms with Gasteiger partial charge >= 0.3 is 0 Å². The lowest BCUT2D eigenvalue weighted by Gasteiger charge is -2.05. The minimum Gasteiger partial charge on any atom is -0.398 e. The lowest BCUT2D eigenvalue weighted by Crippen LogP contribution is -2.23. The summed E-state index contributed by atoms with van der Waals surface area (Å²) in [5, 5.41) is 2.69. The molecule has 0 spiro atoms. The van der Waals surface area contributed by atoms with Crippen LogP contribution >= 0.6 is 15.9 Å². The van der Waals surface area contributed by atoms with E-state index in [-0.39, 0.29) is 5.91 Å². The van der Waals surface area contributed by atoms with Crippen molar-refractivity contribution in [3.8, 4) is 0 Å². The zero-order valence-corrected chi connectivity index (χ0v) is 8.89. The summed E-state index contributed by atoms with van der Waals surface area (Å²) in [5.74, 6) is -0.132. The number of nitrogens with one attached hydrogen (secondary N) is 1. The summed E-state index contributed by atoms with van der Waals surface area (Å²) >= 11 is 3.27. The molecule has 3 nitrogen and oxygen atoms in total. The second-order valence-corrected chi connectivity index (χ2v) is 3.51. The number of amides is 1. The fourth-order valence-corrected chi connectivity index (χ4v) is 1.37. The third-order valence-electron chi connectivity index (χ3n) is 1.60. The van der Waals surface area contributed by atoms with Gasteiger partial charge in [0.2, 0.25) is 0 Å². The van der Waals surface area contributed by atoms with Gasteiger partial charge in [0.15, 0.2) is 0 Å². The van der Waals surface area contributed by atoms with Crippen molar-refractivity contribution < 1.29 is 4.79 Å². The Labute approximate surface area is 85.4 Å². The smallest absolute Gasteiger partial charge is 0.253 e. The number of halogens is 1. The lowest BCUT2D eigenvalue weighted by molar-refractivity contribution is 0.0956. The molecule has 0 saturated carbocycles. The average Bonchev–Trinajstić information content (AvgIpc) is 2.04. The van der Waals surface area contributed by atoms with Crippen molar-refractivity contribution in [1.29, 1.82) is 0 Å². The van der Waals surface area contributed by atoms with E-state index >= 15 is 0 Å². The molecule has 0 atom stereocenters. The van der Waals surface area contributed by atoms with Crippen LogP contribution in [-0.2, 0) is 0 Å². The summed E-state index contributed by atoms with van der Waals surface area (Å²) < 4.78 is 0.873. The first-order chi connectivity index (χ1) is 6.15. The maximum Gasteiger partial charge on any atom is 0.253 e. The van der Waals surface area contributed by atoms with E-state index in [1.54, 1.807) is 18.2 Å². The molecule has 4 heteroatoms. The minimum absolute atomic E-state index is 0.132. The van der Waals surface area contributed by atoms with Gasteiger partial charge in [-0.05, 0) is 25.1 Å². The van der Waals surface area contributed by atoms with E-state index in [0.717, 1.165) is 4.47 Å². The van der Waals surface area contributed by atoms with Crippen molar-refractivity contribution in [3.63, 3.8) is 0 Å². The Morgan fingerprint density at radius 3 is 2.85 bits per heavy atom. The van der Waals surface area contributed by atoms with Crippen molar-refractivity contribution >= 4 is 27.5 Å². The Kier molecular flexibility index (Phi) is 3.31. The van der Waals surface area contributed by atoms with Gasteiger partial charge in [-0.25, -0.2) is 0 Å². The predicted molar refractivity (Wildman–Crippen MR) is 56.6 cm³/mol. The summed E-state index contributed by atoms with van der Waals surface area (Å²) in [7, 11) is 0. The van der Waals surface area contributed by atoms with Crippen molar-refractivity contribution in [1.82, 2.24) is 5.32 Å². The van der Waals surface area contributed by atoms with Gasteiger partial charge in [0.25, 0.3) is 5.91 Å². The number of hydrogen-bond donors (Lipinski definition) is 2. The normalized spacial score (nSPS) is 9.69. The molecular formula is C9H11BrN2O. The zero-order chi connectivity index (χ0) is 9.84. The van der Waals surface area contributed by atoms with Crippen LogP contribution in [0.2, 0.25) is 0 Å². The van der Waals surface area contributed by atoms with Gasteiger partial charge in [-0.2, -0.15) is 0 Å². The van der Waals surface area contributed by atoms with Crippen LogP contribution in [0.4, 0.5) is 5.69 Å². The van der Waals surface area contributed by atoms with Crippen molar-refractivity contribution in [2.24, 2.45) is 0 Å². The Bertz CT molecular complexity index is 325. The molecule has 0 saturated heterocycles. The Morgan fingerprint density at radius 1 is 1.62 bits per heavy atom. The summed E-state index contributed by atoms with van der Waals surface area (Å²) in [5.41, 5.74) is 6.67. The number of rotatable bonds is 2. The molecule has 1 amide bonds. The molecule has 70 valence electrons. The van der Waals surface area contributed by atoms with E-state index in [2.05, 4.69) is 21.2 Å². The largest absolute Gasteiger partial charge is 0.398 e. The molecule has 1 rings (SSSR count). The topological polar surface area (TPSA) is 55.1 Å². The van der Waals surface area contributed by atoms with Crippen LogP contribution in [0.1, 0.15) is 17.3 Å². The molecule has 0 radical (unpaired) electrons. The summed E-state index contributed by atoms with van der Waals surface area (Å²) in [4.78, 5) is 11.4. The fourth-order valence-electron chi connectivity index (χ4n) is 0.996. The maximum absolute atomic E-state index is 11.4. The Hall–Kier alpha value is -1.03. The Morgan fingerprint density at radius 2 is 2.31 bits per heavy atom. The summed E-state index contributed by atoms with van der Waals surface area (Å²) in [6, 6.07) is 5.20. The van der Waals surface area contributed by atoms with Crippen LogP contribution in [-0.4, -0.2) is 12.5 Å². The monoisotopic (exact) mass is 242 g/mol. The third kappa shape index (κ3) is 2.45. The van der Waals surface area contributed by atoms with Crippen molar-refractivity contribution in [3.05, 3.63) is 28.2 Å². The highest BCUT2D eigenvalue weighted by Gasteiger charge is 2.07. The van der Waals surface area contributed by atoms with Crippen LogP contribution in [0.5, 0.6) is 0 Å². The van der Waals surface area contributed by atoms with Gasteiger partial charge < -0.3 is 11.1 Å². The standard InChI is InChI=1S/C9H11BrN2O/c1-2-12-9(13)7-4-3-6(10)5-8(7)11/h3-5H,2,11H2,1H3,(H,12,13). The van der Waals surface area contributed by atoms with E-state index in [4.69, 9.17) is 5.73 Å². The molecule has 3 N–H and O–H groups in total. The molecule has 13 heavy (non-hydrogen) atoms. The SMILES string of the molecule is CCNC(=O)c1ccc(Br)cc1N. The summed E-state index contributed by atoms with van der Waals surface area (Å²) in [6.45, 7) is 2.47. The minimum atomic E-state index is -0.132. The van der Waals surface area contributed by atoms with Crippen LogP contribution < -0.4 is 11.1 Å². The van der Waals surface area contributed by atoms with Crippen LogP contribution in [0.3, 0.4) is 0 Å². The van der Waals surface area contributed by atoms with E-state index in [0.29, 0.717) is 17.8 Å². The number of hydrogen-bond acceptors (Lipinski definition) is 2. The average molecular weight is 243 g/mol. The number of nitrogens with two attached hydrogens (primary N) is 1. The van der Waals surface area contributed by atoms with Crippen molar-refractivity contribution in [2.75, 3.05) is 12.3 Å². The molecule has 0 heterocycles. The highest BCUT2D eigenvalue weighted by molar-refractivity contribution is 9.10. The molecular weight excluding hydrogens is 232 g/mol. The molecule has 0 aromatic heterocycles. The van der Waals surface area contributed by atoms with Gasteiger partial charge in [0, 0.05) is 16.7 Å². The Balaban J connectivity index is 2.95. The number of carbonyl (C=O) groups excluding carboxylic acids is 1. The maximum atomic E-state index is 11.4. The first-order valence-electron chi connectivity index (χ1n) is 3.98. The first-order valence-corrected chi connectivity index (χ1v) is 4.77. The van der Waals surface area contributed by atoms with Gasteiger partial charge in [0.05, 0.1) is 5.56 Å². The van der Waals surface area contributed by atoms with Crippen molar-refractivity contribution in [2.45, 2.75) is 6.92 Å². The molecule has 1 aromatic carbocycles. The predicted octanol–water partition coefficient (Wildman–Crippen LogP) is 1.78. The molecule has 0 aliphatic heterocycles. The number of benzene rings is 1. The number of carbonyl (C=O) groups is 1. The van der Waals surface area contributed by atoms with Gasteiger partial charge in [0.1, 0.15) is 0 Å². The summed E-state index contributed by atoms with van der Waals surface area (Å²) in [6.07, 6.45) is 0. The van der Waals surface area contributed by atoms with Gasteiger partial charge in [-0.1, -0.05) is 15.9 Å². The second kappa shape index (κ2) is 4.28. The van der Waals surface area contributed by atoms with E-state index in [1.807, 2.05) is 6.92 Å². The van der Waals surface area contributed by atoms with E-state index in [9.17, 15) is 4.79 Å². The highest BCUT2D eigenvalue weighted by atomic mass is 79.9. The van der Waals surface area contributed by atoms with E-state index < -0.39 is 0 Å². The van der Waals surface area contributed by atoms with Crippen LogP contribution in [0.25, 0.3) is 0 Å². The van der Waals surface area contributed by atoms with E-state index in [1.165, 1.54) is 0 Å². The molecule has 0 fully saturated rings. The number of anilines is 1. The molecule has 0 aliphatic carbocycles. The second-order valence-electron chi connectivity index (χ2n) is 2.59. The quantitative estimate of drug-likeness (QED) is 0.778.